The van der Waals surface area contributed by atoms with Gasteiger partial charge in [-0.05, 0) is 0 Å². The lowest BCUT2D eigenvalue weighted by atomic mass is 9.39. The van der Waals surface area contributed by atoms with E-state index in [1.54, 1.807) is 0 Å². The van der Waals surface area contributed by atoms with Gasteiger partial charge in [0, 0.05) is 19.3 Å². The largest absolute Gasteiger partial charge is 0.395 e. The van der Waals surface area contributed by atoms with E-state index >= 15 is 0 Å². The van der Waals surface area contributed by atoms with Crippen molar-refractivity contribution >= 4 is 0 Å². The zero-order valence-electron chi connectivity index (χ0n) is 5.46. The van der Waals surface area contributed by atoms with Crippen molar-refractivity contribution in [2.24, 2.45) is 5.41 Å². The van der Waals surface area contributed by atoms with E-state index < -0.39 is 11.6 Å². The molecule has 0 unspecified atom stereocenters. The predicted molar refractivity (Wildman–Crippen MR) is 28.0 cm³/mol. The van der Waals surface area contributed by atoms with Gasteiger partial charge in [-0.2, -0.15) is 13.2 Å². The number of hydrogen-bond donors (Lipinski definition) is 1. The Balaban J connectivity index is 2.11. The van der Waals surface area contributed by atoms with E-state index in [4.69, 9.17) is 0 Å². The van der Waals surface area contributed by atoms with Gasteiger partial charge in [-0.3, -0.25) is 0 Å². The smallest absolute Gasteiger partial charge is 0.353 e. The van der Waals surface area contributed by atoms with Crippen LogP contribution in [0.5, 0.6) is 0 Å². The lowest BCUT2D eigenvalue weighted by Crippen LogP contribution is -2.91. The van der Waals surface area contributed by atoms with Gasteiger partial charge in [0.1, 0.15) is 0 Å². The molecule has 0 aromatic heterocycles. The van der Waals surface area contributed by atoms with E-state index in [0.29, 0.717) is 0 Å². The van der Waals surface area contributed by atoms with Crippen molar-refractivity contribution in [3.05, 3.63) is 0 Å². The minimum atomic E-state index is -3.97. The molecule has 10 heavy (non-hydrogen) atoms. The molecule has 0 aromatic carbocycles. The summed E-state index contributed by atoms with van der Waals surface area (Å²) in [7, 11) is 0. The number of rotatable bonds is 0. The highest BCUT2D eigenvalue weighted by Gasteiger charge is 2.80. The van der Waals surface area contributed by atoms with Gasteiger partial charge >= 0.3 is 6.18 Å². The van der Waals surface area contributed by atoms with Gasteiger partial charge in [0.2, 0.25) is 0 Å². The van der Waals surface area contributed by atoms with Gasteiger partial charge in [-0.15, -0.1) is 0 Å². The molecule has 3 N–H and O–H groups in total. The van der Waals surface area contributed by atoms with E-state index in [9.17, 15) is 13.2 Å². The Kier molecular flexibility index (Phi) is 0.788. The summed E-state index contributed by atoms with van der Waals surface area (Å²) in [5, 5.41) is 0. The number of alkyl halides is 3. The van der Waals surface area contributed by atoms with Gasteiger partial charge in [-0.25, -0.2) is 0 Å². The van der Waals surface area contributed by atoms with Gasteiger partial charge in [0.15, 0.2) is 0 Å². The summed E-state index contributed by atoms with van der Waals surface area (Å²) in [6.45, 7) is 0. The first-order valence-corrected chi connectivity index (χ1v) is 3.29. The maximum atomic E-state index is 12.1. The van der Waals surface area contributed by atoms with Crippen LogP contribution in [0.1, 0.15) is 19.3 Å². The third-order valence-corrected chi connectivity index (χ3v) is 2.74. The zero-order chi connectivity index (χ0) is 7.62. The van der Waals surface area contributed by atoms with Crippen LogP contribution in [0.15, 0.2) is 0 Å². The fraction of sp³-hybridized carbons (Fsp3) is 1.00. The van der Waals surface area contributed by atoms with Crippen LogP contribution in [0.3, 0.4) is 0 Å². The van der Waals surface area contributed by atoms with Crippen LogP contribution in [0.25, 0.3) is 0 Å². The Hall–Kier alpha value is -0.250. The first-order valence-electron chi connectivity index (χ1n) is 3.29. The highest BCUT2D eigenvalue weighted by molar-refractivity contribution is 5.20. The first-order chi connectivity index (χ1) is 4.37. The zero-order valence-corrected chi connectivity index (χ0v) is 5.46. The summed E-state index contributed by atoms with van der Waals surface area (Å²) < 4.78 is 36.2. The maximum Gasteiger partial charge on any atom is 0.395 e. The Morgan fingerprint density at radius 2 is 1.50 bits per heavy atom. The molecule has 0 aromatic rings. The van der Waals surface area contributed by atoms with E-state index in [1.807, 2.05) is 0 Å². The van der Waals surface area contributed by atoms with Crippen LogP contribution in [0.2, 0.25) is 0 Å². The molecule has 3 aliphatic carbocycles. The Morgan fingerprint density at radius 3 is 1.60 bits per heavy atom. The van der Waals surface area contributed by atoms with Crippen molar-refractivity contribution in [2.45, 2.75) is 31.0 Å². The highest BCUT2D eigenvalue weighted by Crippen LogP contribution is 2.71. The van der Waals surface area contributed by atoms with Crippen molar-refractivity contribution in [1.82, 2.24) is 0 Å². The molecular formula is C6H9F3N+. The SMILES string of the molecule is [NH3+]C12CC(C(F)(F)F)(C1)C2. The molecule has 2 bridgehead atoms. The van der Waals surface area contributed by atoms with Gasteiger partial charge in [-0.1, -0.05) is 0 Å². The molecule has 0 spiro atoms. The van der Waals surface area contributed by atoms with Crippen LogP contribution < -0.4 is 5.73 Å². The molecule has 1 nitrogen and oxygen atoms in total. The second kappa shape index (κ2) is 1.22. The lowest BCUT2D eigenvalue weighted by Gasteiger charge is -2.65. The molecular weight excluding hydrogens is 143 g/mol. The van der Waals surface area contributed by atoms with Crippen LogP contribution in [0.4, 0.5) is 13.2 Å². The molecule has 3 rings (SSSR count). The van der Waals surface area contributed by atoms with Crippen molar-refractivity contribution < 1.29 is 18.9 Å². The molecule has 4 heteroatoms. The second-order valence-corrected chi connectivity index (χ2v) is 3.81. The van der Waals surface area contributed by atoms with E-state index in [2.05, 4.69) is 5.73 Å². The monoisotopic (exact) mass is 152 g/mol. The third kappa shape index (κ3) is 0.493. The third-order valence-electron chi connectivity index (χ3n) is 2.74. The normalized spacial score (nSPS) is 51.6. The summed E-state index contributed by atoms with van der Waals surface area (Å²) in [4.78, 5) is 0. The number of hydrogen-bond acceptors (Lipinski definition) is 0. The Bertz CT molecular complexity index is 164. The summed E-state index contributed by atoms with van der Waals surface area (Å²) in [6.07, 6.45) is -3.16. The van der Waals surface area contributed by atoms with Crippen LogP contribution in [-0.4, -0.2) is 11.7 Å². The Morgan fingerprint density at radius 1 is 1.10 bits per heavy atom. The summed E-state index contributed by atoms with van der Waals surface area (Å²) >= 11 is 0. The molecule has 0 heterocycles. The highest BCUT2D eigenvalue weighted by atomic mass is 19.4. The average molecular weight is 152 g/mol. The quantitative estimate of drug-likeness (QED) is 0.529. The molecule has 0 saturated heterocycles. The Labute approximate surface area is 56.4 Å². The van der Waals surface area contributed by atoms with Gasteiger partial charge in [0.05, 0.1) is 11.0 Å². The first kappa shape index (κ1) is 6.46. The van der Waals surface area contributed by atoms with Crippen molar-refractivity contribution in [3.8, 4) is 0 Å². The number of quaternary nitrogens is 1. The van der Waals surface area contributed by atoms with Crippen molar-refractivity contribution in [1.29, 1.82) is 0 Å². The molecule has 3 fully saturated rings. The predicted octanol–water partition coefficient (Wildman–Crippen LogP) is 0.713. The van der Waals surface area contributed by atoms with E-state index in [1.165, 1.54) is 0 Å². The topological polar surface area (TPSA) is 27.6 Å². The fourth-order valence-electron chi connectivity index (χ4n) is 2.30. The fourth-order valence-corrected chi connectivity index (χ4v) is 2.30. The van der Waals surface area contributed by atoms with Crippen LogP contribution >= 0.6 is 0 Å². The van der Waals surface area contributed by atoms with Crippen molar-refractivity contribution in [2.75, 3.05) is 0 Å². The van der Waals surface area contributed by atoms with Crippen LogP contribution in [-0.2, 0) is 0 Å². The minimum absolute atomic E-state index is 0.185. The maximum absolute atomic E-state index is 12.1. The molecule has 3 aliphatic rings. The molecule has 0 atom stereocenters. The molecule has 0 amide bonds. The molecule has 3 saturated carbocycles. The van der Waals surface area contributed by atoms with Crippen molar-refractivity contribution in [3.63, 3.8) is 0 Å². The molecule has 0 radical (unpaired) electrons. The molecule has 0 aliphatic heterocycles. The summed E-state index contributed by atoms with van der Waals surface area (Å²) in [5.74, 6) is 0. The number of halogens is 3. The van der Waals surface area contributed by atoms with E-state index in [-0.39, 0.29) is 24.8 Å². The lowest BCUT2D eigenvalue weighted by molar-refractivity contribution is -0.591. The minimum Gasteiger partial charge on any atom is -0.353 e. The summed E-state index contributed by atoms with van der Waals surface area (Å²) in [6, 6.07) is 0. The second-order valence-electron chi connectivity index (χ2n) is 3.81. The molecule has 58 valence electrons. The van der Waals surface area contributed by atoms with Gasteiger partial charge in [0.25, 0.3) is 0 Å². The summed E-state index contributed by atoms with van der Waals surface area (Å²) in [5.41, 5.74) is 2.22. The average Bonchev–Trinajstić information content (AvgIpc) is 1.51. The van der Waals surface area contributed by atoms with Crippen LogP contribution in [0, 0.1) is 5.41 Å². The van der Waals surface area contributed by atoms with E-state index in [0.717, 1.165) is 0 Å². The standard InChI is InChI=1S/C6H8F3N/c7-6(8,9)4-1-5(10,2-4)3-4/h1-3,10H2/p+1. The van der Waals surface area contributed by atoms with Gasteiger partial charge < -0.3 is 5.73 Å².